The summed E-state index contributed by atoms with van der Waals surface area (Å²) in [7, 11) is 0. The lowest BCUT2D eigenvalue weighted by Crippen LogP contribution is -2.32. The molecule has 0 unspecified atom stereocenters. The van der Waals surface area contributed by atoms with Crippen LogP contribution in [0.2, 0.25) is 0 Å². The summed E-state index contributed by atoms with van der Waals surface area (Å²) in [6.07, 6.45) is 0. The molecule has 2 aromatic heterocycles. The monoisotopic (exact) mass is 955 g/mol. The molecule has 2 heterocycles. The van der Waals surface area contributed by atoms with E-state index in [-0.39, 0.29) is 0 Å². The summed E-state index contributed by atoms with van der Waals surface area (Å²) in [6.45, 7) is 16.1. The maximum Gasteiger partial charge on any atom is 0.0641 e. The van der Waals surface area contributed by atoms with Gasteiger partial charge in [-0.15, -0.1) is 0 Å². The summed E-state index contributed by atoms with van der Waals surface area (Å²) in [6, 6.07) is 66.7. The molecule has 0 N–H and O–H groups in total. The highest BCUT2D eigenvalue weighted by Crippen LogP contribution is 2.44. The molecule has 8 aromatic carbocycles. The molecule has 0 radical (unpaired) electrons. The quantitative estimate of drug-likeness (QED) is 0.0596. The van der Waals surface area contributed by atoms with Gasteiger partial charge in [-0.2, -0.15) is 0 Å². The second-order valence-electron chi connectivity index (χ2n) is 18.1. The van der Waals surface area contributed by atoms with Gasteiger partial charge in [0.25, 0.3) is 0 Å². The Kier molecular flexibility index (Phi) is 15.4. The molecular weight excluding hydrogens is 889 g/mol. The van der Waals surface area contributed by atoms with Crippen molar-refractivity contribution in [3.63, 3.8) is 0 Å². The molecule has 0 saturated heterocycles. The molecule has 366 valence electrons. The topological polar surface area (TPSA) is 53.3 Å². The zero-order chi connectivity index (χ0) is 49.2. The van der Waals surface area contributed by atoms with E-state index in [9.17, 15) is 0 Å². The first kappa shape index (κ1) is 48.4. The molecule has 0 fully saturated rings. The zero-order valence-corrected chi connectivity index (χ0v) is 42.2. The predicted octanol–water partition coefficient (Wildman–Crippen LogP) is 14.6. The summed E-state index contributed by atoms with van der Waals surface area (Å²) in [5.41, 5.74) is 16.2. The molecule has 0 atom stereocenters. The highest BCUT2D eigenvalue weighted by molar-refractivity contribution is 6.12. The first-order valence-electron chi connectivity index (χ1n) is 25.9. The molecule has 0 spiro atoms. The summed E-state index contributed by atoms with van der Waals surface area (Å²) < 4.78 is 29.1. The first-order valence-corrected chi connectivity index (χ1v) is 25.9. The molecule has 0 aliphatic rings. The van der Waals surface area contributed by atoms with E-state index in [1.54, 1.807) is 0 Å². The zero-order valence-electron chi connectivity index (χ0n) is 42.2. The number of aromatic nitrogens is 2. The van der Waals surface area contributed by atoms with Crippen LogP contribution in [0.3, 0.4) is 0 Å². The van der Waals surface area contributed by atoms with Gasteiger partial charge in [-0.3, -0.25) is 0 Å². The van der Waals surface area contributed by atoms with E-state index in [4.69, 9.17) is 18.9 Å². The Morgan fingerprint density at radius 3 is 1.01 bits per heavy atom. The van der Waals surface area contributed by atoms with Crippen LogP contribution in [0.25, 0.3) is 88.4 Å². The minimum Gasteiger partial charge on any atom is -0.380 e. The van der Waals surface area contributed by atoms with Crippen LogP contribution in [0.15, 0.2) is 182 Å². The second kappa shape index (κ2) is 22.9. The van der Waals surface area contributed by atoms with E-state index in [1.807, 2.05) is 0 Å². The lowest BCUT2D eigenvalue weighted by molar-refractivity contribution is 0.141. The van der Waals surface area contributed by atoms with Gasteiger partial charge in [0, 0.05) is 108 Å². The number of ether oxygens (including phenoxy) is 4. The third-order valence-electron chi connectivity index (χ3n) is 13.8. The molecule has 8 heteroatoms. The van der Waals surface area contributed by atoms with E-state index in [0.29, 0.717) is 79.0 Å². The van der Waals surface area contributed by atoms with Gasteiger partial charge < -0.3 is 37.9 Å². The fraction of sp³-hybridized carbons (Fsp3) is 0.250. The van der Waals surface area contributed by atoms with Gasteiger partial charge in [0.2, 0.25) is 0 Å². The van der Waals surface area contributed by atoms with Crippen LogP contribution in [0.1, 0.15) is 27.7 Å². The number of para-hydroxylation sites is 4. The molecule has 0 saturated carbocycles. The van der Waals surface area contributed by atoms with E-state index in [2.05, 4.69) is 229 Å². The van der Waals surface area contributed by atoms with Crippen LogP contribution < -0.4 is 9.80 Å². The minimum absolute atomic E-state index is 0.598. The van der Waals surface area contributed by atoms with Gasteiger partial charge in [0.15, 0.2) is 0 Å². The number of fused-ring (bicyclic) bond motifs is 6. The Morgan fingerprint density at radius 1 is 0.319 bits per heavy atom. The molecule has 8 nitrogen and oxygen atoms in total. The van der Waals surface area contributed by atoms with Gasteiger partial charge in [-0.25, -0.2) is 0 Å². The fourth-order valence-corrected chi connectivity index (χ4v) is 10.4. The van der Waals surface area contributed by atoms with Crippen molar-refractivity contribution in [2.45, 2.75) is 27.7 Å². The molecule has 72 heavy (non-hydrogen) atoms. The smallest absolute Gasteiger partial charge is 0.0641 e. The SMILES string of the molecule is CCOCCN(CCOCC)c1cc(-c2ccc3c(c2)c2ccccc2n3-c2ccccc2)ccc1-c1ccc(-c2ccc3c(c2)c2ccccc2n3-c2ccccc2)cc1N(CCOCC)CCOCC. The number of hydrogen-bond donors (Lipinski definition) is 0. The van der Waals surface area contributed by atoms with E-state index >= 15 is 0 Å². The molecule has 10 rings (SSSR count). The van der Waals surface area contributed by atoms with Crippen LogP contribution in [-0.4, -0.2) is 88.2 Å². The van der Waals surface area contributed by atoms with Gasteiger partial charge in [0.05, 0.1) is 48.5 Å². The summed E-state index contributed by atoms with van der Waals surface area (Å²) in [5, 5.41) is 4.91. The predicted molar refractivity (Wildman–Crippen MR) is 302 cm³/mol. The maximum absolute atomic E-state index is 6.08. The molecule has 0 aliphatic carbocycles. The number of benzene rings is 8. The van der Waals surface area contributed by atoms with Crippen molar-refractivity contribution in [2.24, 2.45) is 0 Å². The molecule has 10 aromatic rings. The van der Waals surface area contributed by atoms with Gasteiger partial charge in [0.1, 0.15) is 0 Å². The maximum atomic E-state index is 6.08. The average molecular weight is 955 g/mol. The standard InChI is InChI=1S/C64H66N4O4/c1-5-69-39-35-65(36-40-70-6-2)63-45-49(47-29-33-61-57(43-47)53-23-15-17-25-59(53)67(61)51-19-11-9-12-20-51)27-31-55(63)56-32-28-50(46-64(56)66(37-41-71-7-3)38-42-72-8-4)48-30-34-62-58(44-48)54-24-16-18-26-60(54)68(62)52-21-13-10-14-22-52/h9-34,43-46H,5-8,35-42H2,1-4H3. The first-order chi connectivity index (χ1) is 35.6. The molecule has 0 aliphatic heterocycles. The van der Waals surface area contributed by atoms with Gasteiger partial charge >= 0.3 is 0 Å². The van der Waals surface area contributed by atoms with Crippen LogP contribution >= 0.6 is 0 Å². The fourth-order valence-electron chi connectivity index (χ4n) is 10.4. The Hall–Kier alpha value is -7.20. The number of anilines is 2. The van der Waals surface area contributed by atoms with Crippen LogP contribution in [0.5, 0.6) is 0 Å². The van der Waals surface area contributed by atoms with Crippen molar-refractivity contribution in [3.8, 4) is 44.8 Å². The van der Waals surface area contributed by atoms with Gasteiger partial charge in [-0.1, -0.05) is 109 Å². The highest BCUT2D eigenvalue weighted by atomic mass is 16.5. The minimum atomic E-state index is 0.598. The van der Waals surface area contributed by atoms with E-state index < -0.39 is 0 Å². The van der Waals surface area contributed by atoms with Gasteiger partial charge in [-0.05, 0) is 123 Å². The van der Waals surface area contributed by atoms with Crippen LogP contribution in [0, 0.1) is 0 Å². The van der Waals surface area contributed by atoms with Crippen molar-refractivity contribution >= 4 is 55.0 Å². The Labute approximate surface area is 424 Å². The average Bonchev–Trinajstić information content (AvgIpc) is 3.95. The summed E-state index contributed by atoms with van der Waals surface area (Å²) >= 11 is 0. The molecule has 0 bridgehead atoms. The lowest BCUT2D eigenvalue weighted by Gasteiger charge is -2.31. The Morgan fingerprint density at radius 2 is 0.639 bits per heavy atom. The number of rotatable bonds is 23. The van der Waals surface area contributed by atoms with E-state index in [0.717, 1.165) is 56.1 Å². The van der Waals surface area contributed by atoms with E-state index in [1.165, 1.54) is 43.6 Å². The lowest BCUT2D eigenvalue weighted by atomic mass is 9.93. The van der Waals surface area contributed by atoms with Crippen molar-refractivity contribution < 1.29 is 18.9 Å². The third kappa shape index (κ3) is 10.0. The third-order valence-corrected chi connectivity index (χ3v) is 13.8. The normalized spacial score (nSPS) is 11.7. The Bertz CT molecular complexity index is 3150. The Balaban J connectivity index is 1.15. The second-order valence-corrected chi connectivity index (χ2v) is 18.1. The summed E-state index contributed by atoms with van der Waals surface area (Å²) in [5.74, 6) is 0. The highest BCUT2D eigenvalue weighted by Gasteiger charge is 2.22. The largest absolute Gasteiger partial charge is 0.380 e. The molecule has 0 amide bonds. The van der Waals surface area contributed by atoms with Crippen molar-refractivity contribution in [3.05, 3.63) is 182 Å². The van der Waals surface area contributed by atoms with Crippen molar-refractivity contribution in [1.82, 2.24) is 9.13 Å². The van der Waals surface area contributed by atoms with Crippen LogP contribution in [-0.2, 0) is 18.9 Å². The summed E-state index contributed by atoms with van der Waals surface area (Å²) in [4.78, 5) is 4.92. The number of nitrogens with zero attached hydrogens (tertiary/aromatic N) is 4. The van der Waals surface area contributed by atoms with Crippen molar-refractivity contribution in [1.29, 1.82) is 0 Å². The number of hydrogen-bond acceptors (Lipinski definition) is 6. The van der Waals surface area contributed by atoms with Crippen LogP contribution in [0.4, 0.5) is 11.4 Å². The molecular formula is C64H66N4O4. The van der Waals surface area contributed by atoms with Crippen molar-refractivity contribution in [2.75, 3.05) is 88.8 Å².